The van der Waals surface area contributed by atoms with Crippen molar-refractivity contribution >= 4 is 22.6 Å². The number of hydrogen-bond acceptors (Lipinski definition) is 2. The minimum Gasteiger partial charge on any atom is -0.270 e. The van der Waals surface area contributed by atoms with Crippen LogP contribution in [0.2, 0.25) is 0 Å². The SMILES string of the molecule is Cc1ccc(CN2C(=O)c3cccc4c(C(C)(C)C)ccc(c34)C2=O)cc1. The van der Waals surface area contributed by atoms with Crippen molar-refractivity contribution < 1.29 is 9.59 Å². The third kappa shape index (κ3) is 2.84. The topological polar surface area (TPSA) is 37.4 Å². The highest BCUT2D eigenvalue weighted by molar-refractivity contribution is 6.25. The first kappa shape index (κ1) is 17.5. The van der Waals surface area contributed by atoms with Crippen molar-refractivity contribution in [2.75, 3.05) is 0 Å². The molecule has 0 spiro atoms. The molecule has 27 heavy (non-hydrogen) atoms. The molecule has 0 bridgehead atoms. The second-order valence-corrected chi connectivity index (χ2v) is 8.32. The first-order valence-corrected chi connectivity index (χ1v) is 9.25. The number of benzene rings is 3. The average molecular weight is 357 g/mol. The maximum atomic E-state index is 13.2. The molecule has 1 heterocycles. The van der Waals surface area contributed by atoms with E-state index in [4.69, 9.17) is 0 Å². The molecule has 0 aliphatic carbocycles. The summed E-state index contributed by atoms with van der Waals surface area (Å²) in [5, 5.41) is 1.79. The largest absolute Gasteiger partial charge is 0.270 e. The maximum absolute atomic E-state index is 13.2. The number of amides is 2. The molecule has 0 radical (unpaired) electrons. The molecule has 4 rings (SSSR count). The van der Waals surface area contributed by atoms with Gasteiger partial charge in [-0.15, -0.1) is 0 Å². The van der Waals surface area contributed by atoms with Gasteiger partial charge in [0.15, 0.2) is 0 Å². The lowest BCUT2D eigenvalue weighted by Gasteiger charge is -2.30. The molecule has 3 nitrogen and oxygen atoms in total. The van der Waals surface area contributed by atoms with Crippen molar-refractivity contribution in [3.8, 4) is 0 Å². The van der Waals surface area contributed by atoms with Gasteiger partial charge in [0.1, 0.15) is 0 Å². The van der Waals surface area contributed by atoms with E-state index in [-0.39, 0.29) is 23.8 Å². The summed E-state index contributed by atoms with van der Waals surface area (Å²) in [6, 6.07) is 17.6. The molecule has 3 aromatic carbocycles. The van der Waals surface area contributed by atoms with Crippen molar-refractivity contribution in [2.24, 2.45) is 0 Å². The van der Waals surface area contributed by atoms with Crippen LogP contribution in [0.1, 0.15) is 58.2 Å². The molecule has 0 N–H and O–H groups in total. The number of aryl methyl sites for hydroxylation is 1. The number of nitrogens with zero attached hydrogens (tertiary/aromatic N) is 1. The summed E-state index contributed by atoms with van der Waals surface area (Å²) in [6.07, 6.45) is 0. The van der Waals surface area contributed by atoms with E-state index in [1.165, 1.54) is 4.90 Å². The van der Waals surface area contributed by atoms with Gasteiger partial charge in [0.05, 0.1) is 6.54 Å². The minimum atomic E-state index is -0.218. The molecule has 3 heteroatoms. The number of hydrogen-bond donors (Lipinski definition) is 0. The van der Waals surface area contributed by atoms with Crippen LogP contribution >= 0.6 is 0 Å². The molecule has 1 aliphatic rings. The van der Waals surface area contributed by atoms with Crippen LogP contribution in [0.15, 0.2) is 54.6 Å². The van der Waals surface area contributed by atoms with E-state index >= 15 is 0 Å². The Balaban J connectivity index is 1.85. The molecule has 0 fully saturated rings. The second kappa shape index (κ2) is 6.05. The van der Waals surface area contributed by atoms with Crippen LogP contribution in [-0.2, 0) is 12.0 Å². The summed E-state index contributed by atoms with van der Waals surface area (Å²) in [5.41, 5.74) is 4.41. The van der Waals surface area contributed by atoms with Gasteiger partial charge in [-0.25, -0.2) is 0 Å². The third-order valence-corrected chi connectivity index (χ3v) is 5.26. The summed E-state index contributed by atoms with van der Waals surface area (Å²) in [6.45, 7) is 8.74. The zero-order valence-corrected chi connectivity index (χ0v) is 16.2. The predicted molar refractivity (Wildman–Crippen MR) is 108 cm³/mol. The van der Waals surface area contributed by atoms with E-state index in [2.05, 4.69) is 20.8 Å². The first-order valence-electron chi connectivity index (χ1n) is 9.25. The molecular formula is C24H23NO2. The Bertz CT molecular complexity index is 1050. The quantitative estimate of drug-likeness (QED) is 0.588. The highest BCUT2D eigenvalue weighted by Crippen LogP contribution is 2.37. The smallest absolute Gasteiger partial charge is 0.261 e. The maximum Gasteiger partial charge on any atom is 0.261 e. The number of rotatable bonds is 2. The van der Waals surface area contributed by atoms with Gasteiger partial charge < -0.3 is 0 Å². The predicted octanol–water partition coefficient (Wildman–Crippen LogP) is 5.24. The molecule has 3 aromatic rings. The van der Waals surface area contributed by atoms with Gasteiger partial charge in [0.2, 0.25) is 0 Å². The Morgan fingerprint density at radius 1 is 0.815 bits per heavy atom. The summed E-state index contributed by atoms with van der Waals surface area (Å²) < 4.78 is 0. The van der Waals surface area contributed by atoms with E-state index < -0.39 is 0 Å². The van der Waals surface area contributed by atoms with Crippen molar-refractivity contribution in [2.45, 2.75) is 39.7 Å². The second-order valence-electron chi connectivity index (χ2n) is 8.32. The summed E-state index contributed by atoms with van der Waals surface area (Å²) >= 11 is 0. The van der Waals surface area contributed by atoms with E-state index in [0.717, 1.165) is 27.5 Å². The summed E-state index contributed by atoms with van der Waals surface area (Å²) in [7, 11) is 0. The molecule has 0 saturated carbocycles. The van der Waals surface area contributed by atoms with Crippen LogP contribution in [-0.4, -0.2) is 16.7 Å². The van der Waals surface area contributed by atoms with Crippen LogP contribution < -0.4 is 0 Å². The zero-order chi connectivity index (χ0) is 19.3. The monoisotopic (exact) mass is 357 g/mol. The first-order chi connectivity index (χ1) is 12.8. The van der Waals surface area contributed by atoms with Crippen molar-refractivity contribution in [3.63, 3.8) is 0 Å². The van der Waals surface area contributed by atoms with Crippen molar-refractivity contribution in [1.29, 1.82) is 0 Å². The zero-order valence-electron chi connectivity index (χ0n) is 16.2. The fourth-order valence-electron chi connectivity index (χ4n) is 3.82. The van der Waals surface area contributed by atoms with Gasteiger partial charge in [-0.05, 0) is 41.0 Å². The molecule has 0 atom stereocenters. The molecule has 1 aliphatic heterocycles. The van der Waals surface area contributed by atoms with Gasteiger partial charge in [-0.1, -0.05) is 68.8 Å². The molecule has 136 valence electrons. The summed E-state index contributed by atoms with van der Waals surface area (Å²) in [5.74, 6) is -0.436. The van der Waals surface area contributed by atoms with Gasteiger partial charge in [-0.3, -0.25) is 14.5 Å². The van der Waals surface area contributed by atoms with E-state index in [1.807, 2.05) is 61.5 Å². The molecule has 0 aromatic heterocycles. The third-order valence-electron chi connectivity index (χ3n) is 5.26. The molecular weight excluding hydrogens is 334 g/mol. The van der Waals surface area contributed by atoms with Crippen molar-refractivity contribution in [1.82, 2.24) is 4.90 Å². The van der Waals surface area contributed by atoms with Gasteiger partial charge in [0, 0.05) is 16.5 Å². The van der Waals surface area contributed by atoms with E-state index in [0.29, 0.717) is 11.1 Å². The Hall–Kier alpha value is -2.94. The Labute approximate surface area is 159 Å². The van der Waals surface area contributed by atoms with Gasteiger partial charge in [0.25, 0.3) is 11.8 Å². The Morgan fingerprint density at radius 3 is 2.07 bits per heavy atom. The fourth-order valence-corrected chi connectivity index (χ4v) is 3.82. The van der Waals surface area contributed by atoms with Crippen LogP contribution in [0.5, 0.6) is 0 Å². The minimum absolute atomic E-state index is 0.0672. The Kier molecular flexibility index (Phi) is 3.92. The lowest BCUT2D eigenvalue weighted by Crippen LogP contribution is -2.39. The normalized spacial score (nSPS) is 14.1. The molecule has 0 saturated heterocycles. The average Bonchev–Trinajstić information content (AvgIpc) is 2.63. The lowest BCUT2D eigenvalue weighted by molar-refractivity contribution is 0.0598. The van der Waals surface area contributed by atoms with Crippen LogP contribution in [0.25, 0.3) is 10.8 Å². The molecule has 2 amide bonds. The van der Waals surface area contributed by atoms with Crippen molar-refractivity contribution in [3.05, 3.63) is 82.4 Å². The highest BCUT2D eigenvalue weighted by Gasteiger charge is 2.34. The van der Waals surface area contributed by atoms with Gasteiger partial charge in [-0.2, -0.15) is 0 Å². The summed E-state index contributed by atoms with van der Waals surface area (Å²) in [4.78, 5) is 27.7. The number of carbonyl (C=O) groups is 2. The van der Waals surface area contributed by atoms with E-state index in [1.54, 1.807) is 0 Å². The molecule has 0 unspecified atom stereocenters. The van der Waals surface area contributed by atoms with Gasteiger partial charge >= 0.3 is 0 Å². The van der Waals surface area contributed by atoms with Crippen LogP contribution in [0, 0.1) is 6.92 Å². The standard InChI is InChI=1S/C24H23NO2/c1-15-8-10-16(11-9-15)14-25-22(26)18-7-5-6-17-20(24(2,3)4)13-12-19(21(17)18)23(25)27/h5-13H,14H2,1-4H3. The van der Waals surface area contributed by atoms with E-state index in [9.17, 15) is 9.59 Å². The fraction of sp³-hybridized carbons (Fsp3) is 0.250. The lowest BCUT2D eigenvalue weighted by atomic mass is 9.81. The highest BCUT2D eigenvalue weighted by atomic mass is 16.2. The number of carbonyl (C=O) groups excluding carboxylic acids is 2. The number of imide groups is 1. The Morgan fingerprint density at radius 2 is 1.44 bits per heavy atom. The van der Waals surface area contributed by atoms with Crippen LogP contribution in [0.4, 0.5) is 0 Å². The van der Waals surface area contributed by atoms with Crippen LogP contribution in [0.3, 0.4) is 0 Å².